The van der Waals surface area contributed by atoms with Gasteiger partial charge in [-0.25, -0.2) is 9.18 Å². The molecule has 0 unspecified atom stereocenters. The second-order valence-electron chi connectivity index (χ2n) is 5.31. The van der Waals surface area contributed by atoms with Gasteiger partial charge in [-0.1, -0.05) is 12.1 Å². The molecule has 0 bridgehead atoms. The van der Waals surface area contributed by atoms with E-state index in [0.29, 0.717) is 16.7 Å². The SMILES string of the molecule is CCOC(=O)c1oc2ccccc2c1NC(=O)CSc1ccc(F)cc1. The van der Waals surface area contributed by atoms with Crippen LogP contribution in [-0.2, 0) is 9.53 Å². The maximum Gasteiger partial charge on any atom is 0.376 e. The molecule has 0 aliphatic heterocycles. The van der Waals surface area contributed by atoms with E-state index in [1.54, 1.807) is 43.3 Å². The number of anilines is 1. The van der Waals surface area contributed by atoms with E-state index in [2.05, 4.69) is 5.32 Å². The number of amides is 1. The number of fused-ring (bicyclic) bond motifs is 1. The summed E-state index contributed by atoms with van der Waals surface area (Å²) in [5.74, 6) is -1.20. The van der Waals surface area contributed by atoms with E-state index in [9.17, 15) is 14.0 Å². The summed E-state index contributed by atoms with van der Waals surface area (Å²) in [7, 11) is 0. The molecule has 7 heteroatoms. The molecule has 2 aromatic carbocycles. The monoisotopic (exact) mass is 373 g/mol. The van der Waals surface area contributed by atoms with Gasteiger partial charge >= 0.3 is 5.97 Å². The van der Waals surface area contributed by atoms with E-state index in [-0.39, 0.29) is 29.8 Å². The summed E-state index contributed by atoms with van der Waals surface area (Å²) in [6.07, 6.45) is 0. The van der Waals surface area contributed by atoms with Crippen LogP contribution in [0.2, 0.25) is 0 Å². The molecule has 3 aromatic rings. The Balaban J connectivity index is 1.78. The molecular weight excluding hydrogens is 357 g/mol. The number of para-hydroxylation sites is 1. The zero-order valence-electron chi connectivity index (χ0n) is 14.0. The number of furan rings is 1. The first kappa shape index (κ1) is 18.0. The first-order valence-electron chi connectivity index (χ1n) is 7.95. The fourth-order valence-corrected chi connectivity index (χ4v) is 3.06. The number of halogens is 1. The first-order chi connectivity index (χ1) is 12.6. The van der Waals surface area contributed by atoms with Crippen LogP contribution in [0, 0.1) is 5.82 Å². The van der Waals surface area contributed by atoms with E-state index in [1.165, 1.54) is 23.9 Å². The minimum absolute atomic E-state index is 0.0341. The Morgan fingerprint density at radius 1 is 1.15 bits per heavy atom. The third-order valence-corrected chi connectivity index (χ3v) is 4.52. The normalized spacial score (nSPS) is 10.7. The van der Waals surface area contributed by atoms with Crippen LogP contribution in [0.25, 0.3) is 11.0 Å². The molecule has 0 aliphatic carbocycles. The highest BCUT2D eigenvalue weighted by atomic mass is 32.2. The molecule has 1 amide bonds. The quantitative estimate of drug-likeness (QED) is 0.510. The van der Waals surface area contributed by atoms with Crippen LogP contribution in [0.4, 0.5) is 10.1 Å². The molecule has 3 rings (SSSR count). The summed E-state index contributed by atoms with van der Waals surface area (Å²) in [6, 6.07) is 12.9. The van der Waals surface area contributed by atoms with Gasteiger partial charge < -0.3 is 14.5 Å². The van der Waals surface area contributed by atoms with Crippen LogP contribution in [-0.4, -0.2) is 24.2 Å². The number of hydrogen-bond donors (Lipinski definition) is 1. The molecule has 5 nitrogen and oxygen atoms in total. The van der Waals surface area contributed by atoms with Crippen molar-refractivity contribution in [2.24, 2.45) is 0 Å². The van der Waals surface area contributed by atoms with Crippen molar-refractivity contribution in [3.8, 4) is 0 Å². The third kappa shape index (κ3) is 4.05. The molecule has 0 aliphatic rings. The smallest absolute Gasteiger partial charge is 0.376 e. The lowest BCUT2D eigenvalue weighted by Crippen LogP contribution is -2.16. The van der Waals surface area contributed by atoms with Gasteiger partial charge in [0.15, 0.2) is 0 Å². The second kappa shape index (κ2) is 8.05. The van der Waals surface area contributed by atoms with Gasteiger partial charge in [0.05, 0.1) is 12.4 Å². The average Bonchev–Trinajstić information content (AvgIpc) is 3.00. The Bertz CT molecular complexity index is 936. The zero-order valence-corrected chi connectivity index (χ0v) is 14.8. The number of carbonyl (C=O) groups excluding carboxylic acids is 2. The van der Waals surface area contributed by atoms with Gasteiger partial charge in [-0.15, -0.1) is 11.8 Å². The Kier molecular flexibility index (Phi) is 5.58. The lowest BCUT2D eigenvalue weighted by atomic mass is 10.2. The fraction of sp³-hybridized carbons (Fsp3) is 0.158. The van der Waals surface area contributed by atoms with E-state index >= 15 is 0 Å². The summed E-state index contributed by atoms with van der Waals surface area (Å²) < 4.78 is 23.5. The van der Waals surface area contributed by atoms with Crippen LogP contribution in [0.5, 0.6) is 0 Å². The number of nitrogens with one attached hydrogen (secondary N) is 1. The van der Waals surface area contributed by atoms with Crippen molar-refractivity contribution in [1.82, 2.24) is 0 Å². The van der Waals surface area contributed by atoms with Crippen molar-refractivity contribution < 1.29 is 23.1 Å². The topological polar surface area (TPSA) is 68.5 Å². The lowest BCUT2D eigenvalue weighted by molar-refractivity contribution is -0.113. The number of thioether (sulfide) groups is 1. The lowest BCUT2D eigenvalue weighted by Gasteiger charge is -2.06. The van der Waals surface area contributed by atoms with Crippen LogP contribution >= 0.6 is 11.8 Å². The predicted molar refractivity (Wildman–Crippen MR) is 97.9 cm³/mol. The predicted octanol–water partition coefficient (Wildman–Crippen LogP) is 4.48. The van der Waals surface area contributed by atoms with Gasteiger partial charge in [-0.3, -0.25) is 4.79 Å². The first-order valence-corrected chi connectivity index (χ1v) is 8.94. The van der Waals surface area contributed by atoms with E-state index in [1.807, 2.05) is 0 Å². The summed E-state index contributed by atoms with van der Waals surface area (Å²) in [5, 5.41) is 3.35. The minimum Gasteiger partial charge on any atom is -0.460 e. The summed E-state index contributed by atoms with van der Waals surface area (Å²) in [4.78, 5) is 25.2. The molecule has 1 heterocycles. The Morgan fingerprint density at radius 2 is 1.88 bits per heavy atom. The summed E-state index contributed by atoms with van der Waals surface area (Å²) in [5.41, 5.74) is 0.779. The fourth-order valence-electron chi connectivity index (χ4n) is 2.37. The number of esters is 1. The zero-order chi connectivity index (χ0) is 18.5. The molecule has 0 atom stereocenters. The van der Waals surface area contributed by atoms with E-state index in [0.717, 1.165) is 4.90 Å². The number of benzene rings is 2. The van der Waals surface area contributed by atoms with Crippen LogP contribution in [0.3, 0.4) is 0 Å². The van der Waals surface area contributed by atoms with Crippen molar-refractivity contribution in [1.29, 1.82) is 0 Å². The largest absolute Gasteiger partial charge is 0.460 e. The van der Waals surface area contributed by atoms with Crippen LogP contribution in [0.1, 0.15) is 17.5 Å². The number of ether oxygens (including phenoxy) is 1. The van der Waals surface area contributed by atoms with E-state index < -0.39 is 5.97 Å². The standard InChI is InChI=1S/C19H16FNO4S/c1-2-24-19(23)18-17(14-5-3-4-6-15(14)25-18)21-16(22)11-26-13-9-7-12(20)8-10-13/h3-10H,2,11H2,1H3,(H,21,22). The highest BCUT2D eigenvalue weighted by molar-refractivity contribution is 8.00. The van der Waals surface area contributed by atoms with Crippen molar-refractivity contribution in [2.75, 3.05) is 17.7 Å². The van der Waals surface area contributed by atoms with Crippen molar-refractivity contribution in [3.63, 3.8) is 0 Å². The van der Waals surface area contributed by atoms with Gasteiger partial charge in [0.2, 0.25) is 11.7 Å². The Hall–Kier alpha value is -2.80. The van der Waals surface area contributed by atoms with Crippen molar-refractivity contribution in [3.05, 3.63) is 60.1 Å². The molecule has 0 saturated carbocycles. The maximum absolute atomic E-state index is 12.9. The van der Waals surface area contributed by atoms with Gasteiger partial charge in [0.1, 0.15) is 17.1 Å². The molecular formula is C19H16FNO4S. The molecule has 0 spiro atoms. The molecule has 1 N–H and O–H groups in total. The van der Waals surface area contributed by atoms with Gasteiger partial charge in [-0.05, 0) is 43.3 Å². The Labute approximate surface area is 153 Å². The van der Waals surface area contributed by atoms with Crippen LogP contribution < -0.4 is 5.32 Å². The number of rotatable bonds is 6. The molecule has 0 saturated heterocycles. The van der Waals surface area contributed by atoms with Gasteiger partial charge in [-0.2, -0.15) is 0 Å². The third-order valence-electron chi connectivity index (χ3n) is 3.50. The highest BCUT2D eigenvalue weighted by Crippen LogP contribution is 2.31. The van der Waals surface area contributed by atoms with Crippen molar-refractivity contribution in [2.45, 2.75) is 11.8 Å². The molecule has 134 valence electrons. The summed E-state index contributed by atoms with van der Waals surface area (Å²) in [6.45, 7) is 1.89. The number of hydrogen-bond acceptors (Lipinski definition) is 5. The maximum atomic E-state index is 12.9. The summed E-state index contributed by atoms with van der Waals surface area (Å²) >= 11 is 1.26. The average molecular weight is 373 g/mol. The highest BCUT2D eigenvalue weighted by Gasteiger charge is 2.23. The molecule has 0 radical (unpaired) electrons. The molecule has 1 aromatic heterocycles. The van der Waals surface area contributed by atoms with Gasteiger partial charge in [0, 0.05) is 10.3 Å². The Morgan fingerprint density at radius 3 is 2.62 bits per heavy atom. The minimum atomic E-state index is -0.634. The van der Waals surface area contributed by atoms with Crippen LogP contribution in [0.15, 0.2) is 57.8 Å². The number of carbonyl (C=O) groups is 2. The second-order valence-corrected chi connectivity index (χ2v) is 6.36. The van der Waals surface area contributed by atoms with E-state index in [4.69, 9.17) is 9.15 Å². The molecule has 26 heavy (non-hydrogen) atoms. The van der Waals surface area contributed by atoms with Gasteiger partial charge in [0.25, 0.3) is 0 Å². The van der Waals surface area contributed by atoms with Crippen molar-refractivity contribution >= 4 is 40.3 Å². The molecule has 0 fully saturated rings.